The van der Waals surface area contributed by atoms with Crippen LogP contribution in [0.2, 0.25) is 0 Å². The van der Waals surface area contributed by atoms with Crippen LogP contribution >= 0.6 is 0 Å². The minimum atomic E-state index is -0.405. The van der Waals surface area contributed by atoms with Gasteiger partial charge in [0, 0.05) is 20.1 Å². The van der Waals surface area contributed by atoms with E-state index in [9.17, 15) is 14.0 Å². The Hall–Kier alpha value is -3.61. The number of furan rings is 1. The molecule has 184 valence electrons. The Morgan fingerprint density at radius 3 is 2.40 bits per heavy atom. The Morgan fingerprint density at radius 2 is 1.66 bits per heavy atom. The summed E-state index contributed by atoms with van der Waals surface area (Å²) in [4.78, 5) is 30.0. The summed E-state index contributed by atoms with van der Waals surface area (Å²) in [5.41, 5.74) is 0.824. The summed E-state index contributed by atoms with van der Waals surface area (Å²) in [7, 11) is 1.78. The molecule has 2 heterocycles. The van der Waals surface area contributed by atoms with E-state index < -0.39 is 5.82 Å². The first-order valence-corrected chi connectivity index (χ1v) is 12.0. The molecule has 0 fully saturated rings. The number of amides is 2. The van der Waals surface area contributed by atoms with Crippen molar-refractivity contribution in [3.05, 3.63) is 77.8 Å². The van der Waals surface area contributed by atoms with Crippen LogP contribution in [-0.4, -0.2) is 54.4 Å². The van der Waals surface area contributed by atoms with Crippen molar-refractivity contribution in [3.63, 3.8) is 0 Å². The molecule has 0 N–H and O–H groups in total. The first kappa shape index (κ1) is 24.5. The van der Waals surface area contributed by atoms with Crippen molar-refractivity contribution in [2.24, 2.45) is 5.92 Å². The number of para-hydroxylation sites is 1. The van der Waals surface area contributed by atoms with Crippen LogP contribution in [0.3, 0.4) is 0 Å². The first-order chi connectivity index (χ1) is 16.9. The van der Waals surface area contributed by atoms with Crippen LogP contribution in [0.25, 0.3) is 11.3 Å². The zero-order chi connectivity index (χ0) is 24.9. The Bertz CT molecular complexity index is 1190. The van der Waals surface area contributed by atoms with E-state index in [4.69, 9.17) is 9.15 Å². The average molecular weight is 479 g/mol. The van der Waals surface area contributed by atoms with Gasteiger partial charge >= 0.3 is 0 Å². The monoisotopic (exact) mass is 478 g/mol. The zero-order valence-corrected chi connectivity index (χ0v) is 20.4. The van der Waals surface area contributed by atoms with E-state index >= 15 is 0 Å². The van der Waals surface area contributed by atoms with Crippen LogP contribution in [0.4, 0.5) is 4.39 Å². The molecular formula is C28H31FN2O4. The number of hydrogen-bond donors (Lipinski definition) is 0. The molecule has 0 bridgehead atoms. The number of hydrogen-bond acceptors (Lipinski definition) is 4. The second-order valence-electron chi connectivity index (χ2n) is 9.19. The highest BCUT2D eigenvalue weighted by molar-refractivity contribution is 5.96. The van der Waals surface area contributed by atoms with Crippen LogP contribution in [0.5, 0.6) is 5.75 Å². The number of carbonyl (C=O) groups is 2. The molecule has 1 atom stereocenters. The lowest BCUT2D eigenvalue weighted by molar-refractivity contribution is 0.0487. The van der Waals surface area contributed by atoms with Crippen molar-refractivity contribution >= 4 is 11.8 Å². The highest BCUT2D eigenvalue weighted by Crippen LogP contribution is 2.27. The van der Waals surface area contributed by atoms with Gasteiger partial charge in [-0.15, -0.1) is 0 Å². The molecule has 0 unspecified atom stereocenters. The third kappa shape index (κ3) is 5.39. The van der Waals surface area contributed by atoms with Gasteiger partial charge in [-0.05, 0) is 55.2 Å². The van der Waals surface area contributed by atoms with Crippen molar-refractivity contribution in [2.45, 2.75) is 32.7 Å². The lowest BCUT2D eigenvalue weighted by atomic mass is 10.0. The lowest BCUT2D eigenvalue weighted by Gasteiger charge is -2.34. The molecule has 0 spiro atoms. The number of carbonyl (C=O) groups excluding carboxylic acids is 2. The van der Waals surface area contributed by atoms with Crippen LogP contribution in [0, 0.1) is 11.7 Å². The number of fused-ring (bicyclic) bond motifs is 1. The second-order valence-corrected chi connectivity index (χ2v) is 9.19. The van der Waals surface area contributed by atoms with Crippen LogP contribution in [0.15, 0.2) is 65.1 Å². The molecule has 1 aromatic heterocycles. The smallest absolute Gasteiger partial charge is 0.289 e. The van der Waals surface area contributed by atoms with Gasteiger partial charge in [0.2, 0.25) is 0 Å². The van der Waals surface area contributed by atoms with E-state index in [1.165, 1.54) is 6.07 Å². The van der Waals surface area contributed by atoms with Crippen molar-refractivity contribution in [3.8, 4) is 17.1 Å². The Morgan fingerprint density at radius 1 is 0.971 bits per heavy atom. The minimum absolute atomic E-state index is 0.0773. The predicted molar refractivity (Wildman–Crippen MR) is 132 cm³/mol. The van der Waals surface area contributed by atoms with E-state index in [-0.39, 0.29) is 36.1 Å². The van der Waals surface area contributed by atoms with Crippen molar-refractivity contribution in [1.82, 2.24) is 9.80 Å². The third-order valence-electron chi connectivity index (χ3n) is 6.40. The molecule has 0 saturated heterocycles. The molecule has 1 aliphatic heterocycles. The maximum atomic E-state index is 14.2. The van der Waals surface area contributed by atoms with Gasteiger partial charge in [0.1, 0.15) is 23.9 Å². The molecule has 2 amide bonds. The number of ether oxygens (including phenoxy) is 1. The summed E-state index contributed by atoms with van der Waals surface area (Å²) in [5.74, 6) is 0.325. The molecule has 6 nitrogen and oxygen atoms in total. The summed E-state index contributed by atoms with van der Waals surface area (Å²) < 4.78 is 26.2. The Labute approximate surface area is 205 Å². The molecule has 1 aliphatic rings. The SMILES string of the molecule is CC(C)[C@H]1COc2ccccc2C(=O)N(C)CCCCN1C(=O)c1ccc(-c2ccccc2F)o1. The Balaban J connectivity index is 1.63. The van der Waals surface area contributed by atoms with Crippen molar-refractivity contribution < 1.29 is 23.1 Å². The molecule has 3 aromatic rings. The highest BCUT2D eigenvalue weighted by atomic mass is 19.1. The number of rotatable bonds is 3. The van der Waals surface area contributed by atoms with Crippen LogP contribution in [0.1, 0.15) is 47.6 Å². The van der Waals surface area contributed by atoms with Gasteiger partial charge < -0.3 is 19.0 Å². The molecular weight excluding hydrogens is 447 g/mol. The summed E-state index contributed by atoms with van der Waals surface area (Å²) >= 11 is 0. The number of benzene rings is 2. The first-order valence-electron chi connectivity index (χ1n) is 12.0. The summed E-state index contributed by atoms with van der Waals surface area (Å²) in [6.45, 7) is 5.37. The van der Waals surface area contributed by atoms with Gasteiger partial charge in [0.15, 0.2) is 5.76 Å². The topological polar surface area (TPSA) is 63.0 Å². The van der Waals surface area contributed by atoms with E-state index in [1.807, 2.05) is 26.0 Å². The quantitative estimate of drug-likeness (QED) is 0.499. The normalized spacial score (nSPS) is 17.4. The van der Waals surface area contributed by atoms with E-state index in [0.29, 0.717) is 35.7 Å². The van der Waals surface area contributed by atoms with Gasteiger partial charge in [-0.3, -0.25) is 9.59 Å². The molecule has 0 saturated carbocycles. The maximum Gasteiger partial charge on any atom is 0.289 e. The fourth-order valence-electron chi connectivity index (χ4n) is 4.34. The second kappa shape index (κ2) is 10.8. The molecule has 35 heavy (non-hydrogen) atoms. The van der Waals surface area contributed by atoms with Crippen molar-refractivity contribution in [2.75, 3.05) is 26.7 Å². The fraction of sp³-hybridized carbons (Fsp3) is 0.357. The van der Waals surface area contributed by atoms with Gasteiger partial charge in [-0.1, -0.05) is 38.1 Å². The number of halogens is 1. The highest BCUT2D eigenvalue weighted by Gasteiger charge is 2.31. The van der Waals surface area contributed by atoms with E-state index in [0.717, 1.165) is 12.8 Å². The molecule has 0 aliphatic carbocycles. The Kier molecular flexibility index (Phi) is 7.54. The lowest BCUT2D eigenvalue weighted by Crippen LogP contribution is -2.47. The maximum absolute atomic E-state index is 14.2. The average Bonchev–Trinajstić information content (AvgIpc) is 3.34. The van der Waals surface area contributed by atoms with E-state index in [2.05, 4.69) is 0 Å². The molecule has 2 aromatic carbocycles. The fourth-order valence-corrected chi connectivity index (χ4v) is 4.34. The third-order valence-corrected chi connectivity index (χ3v) is 6.40. The standard InChI is InChI=1S/C28H31FN2O4/c1-19(2)23-18-34-24-13-7-5-11-21(24)27(32)30(3)16-8-9-17-31(23)28(33)26-15-14-25(35-26)20-10-4-6-12-22(20)29/h4-7,10-15,19,23H,8-9,16-18H2,1-3H3/t23-/m1/s1. The summed E-state index contributed by atoms with van der Waals surface area (Å²) in [5, 5.41) is 0. The summed E-state index contributed by atoms with van der Waals surface area (Å²) in [6.07, 6.45) is 1.47. The van der Waals surface area contributed by atoms with E-state index in [1.54, 1.807) is 59.3 Å². The van der Waals surface area contributed by atoms with Crippen molar-refractivity contribution in [1.29, 1.82) is 0 Å². The van der Waals surface area contributed by atoms with Crippen LogP contribution in [-0.2, 0) is 0 Å². The summed E-state index contributed by atoms with van der Waals surface area (Å²) in [6, 6.07) is 16.5. The minimum Gasteiger partial charge on any atom is -0.491 e. The number of nitrogens with zero attached hydrogens (tertiary/aromatic N) is 2. The van der Waals surface area contributed by atoms with Gasteiger partial charge in [0.25, 0.3) is 11.8 Å². The molecule has 0 radical (unpaired) electrons. The molecule has 7 heteroatoms. The largest absolute Gasteiger partial charge is 0.491 e. The van der Waals surface area contributed by atoms with Gasteiger partial charge in [-0.25, -0.2) is 4.39 Å². The van der Waals surface area contributed by atoms with Crippen LogP contribution < -0.4 is 4.74 Å². The zero-order valence-electron chi connectivity index (χ0n) is 20.4. The predicted octanol–water partition coefficient (Wildman–Crippen LogP) is 5.50. The molecule has 4 rings (SSSR count). The van der Waals surface area contributed by atoms with Gasteiger partial charge in [-0.2, -0.15) is 0 Å². The van der Waals surface area contributed by atoms with Gasteiger partial charge in [0.05, 0.1) is 17.2 Å².